The Morgan fingerprint density at radius 1 is 1.19 bits per heavy atom. The van der Waals surface area contributed by atoms with Crippen LogP contribution in [0.5, 0.6) is 5.75 Å². The Morgan fingerprint density at radius 2 is 1.94 bits per heavy atom. The van der Waals surface area contributed by atoms with Gasteiger partial charge in [-0.3, -0.25) is 9.69 Å². The van der Waals surface area contributed by atoms with Crippen molar-refractivity contribution < 1.29 is 18.7 Å². The van der Waals surface area contributed by atoms with Crippen LogP contribution in [-0.4, -0.2) is 50.3 Å². The minimum Gasteiger partial charge on any atom is -0.492 e. The molecule has 1 saturated heterocycles. The van der Waals surface area contributed by atoms with Crippen LogP contribution in [0.15, 0.2) is 48.5 Å². The molecule has 0 bridgehead atoms. The van der Waals surface area contributed by atoms with Crippen molar-refractivity contribution in [2.24, 2.45) is 5.92 Å². The first-order chi connectivity index (χ1) is 15.0. The second-order valence-corrected chi connectivity index (χ2v) is 8.27. The van der Waals surface area contributed by atoms with E-state index in [-0.39, 0.29) is 17.6 Å². The third kappa shape index (κ3) is 7.64. The van der Waals surface area contributed by atoms with E-state index in [1.165, 1.54) is 12.1 Å². The maximum Gasteiger partial charge on any atom is 0.223 e. The quantitative estimate of drug-likeness (QED) is 0.625. The molecule has 0 radical (unpaired) electrons. The molecule has 1 aliphatic heterocycles. The Labute approximate surface area is 184 Å². The molecular formula is C25H33FN2O3. The molecule has 0 aliphatic carbocycles. The Hall–Kier alpha value is -2.44. The molecule has 1 fully saturated rings. The van der Waals surface area contributed by atoms with Gasteiger partial charge in [0, 0.05) is 38.3 Å². The van der Waals surface area contributed by atoms with Crippen LogP contribution in [0.3, 0.4) is 0 Å². The van der Waals surface area contributed by atoms with Crippen LogP contribution >= 0.6 is 0 Å². The van der Waals surface area contributed by atoms with Crippen molar-refractivity contribution in [3.8, 4) is 5.75 Å². The lowest BCUT2D eigenvalue weighted by Gasteiger charge is -2.31. The monoisotopic (exact) mass is 428 g/mol. The van der Waals surface area contributed by atoms with E-state index in [1.54, 1.807) is 6.07 Å². The Kier molecular flexibility index (Phi) is 8.85. The van der Waals surface area contributed by atoms with Crippen LogP contribution in [-0.2, 0) is 22.5 Å². The molecule has 2 aromatic carbocycles. The van der Waals surface area contributed by atoms with Gasteiger partial charge >= 0.3 is 0 Å². The van der Waals surface area contributed by atoms with Crippen molar-refractivity contribution in [1.29, 1.82) is 0 Å². The molecule has 168 valence electrons. The third-order valence-corrected chi connectivity index (χ3v) is 5.77. The summed E-state index contributed by atoms with van der Waals surface area (Å²) in [5, 5.41) is 2.97. The molecule has 1 N–H and O–H groups in total. The van der Waals surface area contributed by atoms with Crippen molar-refractivity contribution in [2.45, 2.75) is 38.8 Å². The highest BCUT2D eigenvalue weighted by Gasteiger charge is 2.18. The minimum absolute atomic E-state index is 0.0475. The van der Waals surface area contributed by atoms with Gasteiger partial charge in [0.25, 0.3) is 0 Å². The van der Waals surface area contributed by atoms with Crippen LogP contribution < -0.4 is 10.1 Å². The van der Waals surface area contributed by atoms with Crippen molar-refractivity contribution in [1.82, 2.24) is 10.2 Å². The summed E-state index contributed by atoms with van der Waals surface area (Å²) in [7, 11) is 2.14. The molecule has 1 amide bonds. The van der Waals surface area contributed by atoms with Crippen molar-refractivity contribution in [2.75, 3.05) is 33.4 Å². The van der Waals surface area contributed by atoms with Gasteiger partial charge in [-0.05, 0) is 61.7 Å². The fourth-order valence-electron chi connectivity index (χ4n) is 3.83. The van der Waals surface area contributed by atoms with Gasteiger partial charge in [-0.15, -0.1) is 0 Å². The first kappa shape index (κ1) is 23.2. The zero-order chi connectivity index (χ0) is 22.1. The van der Waals surface area contributed by atoms with Crippen LogP contribution in [0, 0.1) is 11.7 Å². The number of rotatable bonds is 10. The van der Waals surface area contributed by atoms with Gasteiger partial charge in [0.15, 0.2) is 0 Å². The van der Waals surface area contributed by atoms with Gasteiger partial charge in [-0.2, -0.15) is 0 Å². The summed E-state index contributed by atoms with van der Waals surface area (Å²) in [5.41, 5.74) is 1.81. The summed E-state index contributed by atoms with van der Waals surface area (Å²) in [6.07, 6.45) is 2.65. The number of likely N-dealkylation sites (N-methyl/N-ethyl adjacent to an activating group) is 1. The van der Waals surface area contributed by atoms with Gasteiger partial charge in [0.2, 0.25) is 5.91 Å². The Bertz CT molecular complexity index is 839. The standard InChI is InChI=1S/C25H33FN2O3/c1-19(15-20-5-3-7-22(26)16-20)25(29)27-18-21-6-4-8-24(17-21)31-14-11-28(2)23-9-12-30-13-10-23/h3-8,16-17,19,23H,9-15,18H2,1-2H3,(H,27,29). The lowest BCUT2D eigenvalue weighted by Crippen LogP contribution is -2.38. The van der Waals surface area contributed by atoms with E-state index in [9.17, 15) is 9.18 Å². The summed E-state index contributed by atoms with van der Waals surface area (Å²) < 4.78 is 24.7. The molecular weight excluding hydrogens is 395 g/mol. The van der Waals surface area contributed by atoms with E-state index in [1.807, 2.05) is 37.3 Å². The topological polar surface area (TPSA) is 50.8 Å². The molecule has 1 aliphatic rings. The third-order valence-electron chi connectivity index (χ3n) is 5.77. The van der Waals surface area contributed by atoms with Crippen LogP contribution in [0.2, 0.25) is 0 Å². The number of ether oxygens (including phenoxy) is 2. The predicted molar refractivity (Wildman–Crippen MR) is 120 cm³/mol. The van der Waals surface area contributed by atoms with E-state index >= 15 is 0 Å². The van der Waals surface area contributed by atoms with Crippen molar-refractivity contribution in [3.05, 3.63) is 65.5 Å². The zero-order valence-electron chi connectivity index (χ0n) is 18.5. The molecule has 0 aromatic heterocycles. The SMILES string of the molecule is CC(Cc1cccc(F)c1)C(=O)NCc1cccc(OCCN(C)C2CCOCC2)c1. The highest BCUT2D eigenvalue weighted by Crippen LogP contribution is 2.16. The lowest BCUT2D eigenvalue weighted by molar-refractivity contribution is -0.124. The van der Waals surface area contributed by atoms with Crippen LogP contribution in [0.4, 0.5) is 4.39 Å². The van der Waals surface area contributed by atoms with Crippen LogP contribution in [0.25, 0.3) is 0 Å². The van der Waals surface area contributed by atoms with Crippen molar-refractivity contribution in [3.63, 3.8) is 0 Å². The lowest BCUT2D eigenvalue weighted by atomic mass is 10.0. The van der Waals surface area contributed by atoms with Gasteiger partial charge in [-0.25, -0.2) is 4.39 Å². The van der Waals surface area contributed by atoms with E-state index in [2.05, 4.69) is 17.3 Å². The molecule has 6 heteroatoms. The molecule has 0 saturated carbocycles. The highest BCUT2D eigenvalue weighted by atomic mass is 19.1. The van der Waals surface area contributed by atoms with E-state index in [0.29, 0.717) is 25.6 Å². The summed E-state index contributed by atoms with van der Waals surface area (Å²) in [6, 6.07) is 14.8. The van der Waals surface area contributed by atoms with Gasteiger partial charge in [0.1, 0.15) is 18.2 Å². The number of nitrogens with zero attached hydrogens (tertiary/aromatic N) is 1. The number of carbonyl (C=O) groups is 1. The number of halogens is 1. The fraction of sp³-hybridized carbons (Fsp3) is 0.480. The fourth-order valence-corrected chi connectivity index (χ4v) is 3.83. The average molecular weight is 429 g/mol. The highest BCUT2D eigenvalue weighted by molar-refractivity contribution is 5.78. The zero-order valence-corrected chi connectivity index (χ0v) is 18.5. The molecule has 3 rings (SSSR count). The van der Waals surface area contributed by atoms with E-state index in [4.69, 9.17) is 9.47 Å². The van der Waals surface area contributed by atoms with Gasteiger partial charge in [0.05, 0.1) is 0 Å². The molecule has 0 spiro atoms. The van der Waals surface area contributed by atoms with Crippen molar-refractivity contribution >= 4 is 5.91 Å². The Morgan fingerprint density at radius 3 is 2.71 bits per heavy atom. The predicted octanol–water partition coefficient (Wildman–Crippen LogP) is 3.81. The maximum atomic E-state index is 13.3. The second kappa shape index (κ2) is 11.8. The number of amides is 1. The second-order valence-electron chi connectivity index (χ2n) is 8.27. The average Bonchev–Trinajstić information content (AvgIpc) is 2.78. The summed E-state index contributed by atoms with van der Waals surface area (Å²) in [6.45, 7) is 5.45. The number of hydrogen-bond acceptors (Lipinski definition) is 4. The summed E-state index contributed by atoms with van der Waals surface area (Å²) in [5.74, 6) is 0.247. The number of carbonyl (C=O) groups excluding carboxylic acids is 1. The smallest absolute Gasteiger partial charge is 0.223 e. The normalized spacial score (nSPS) is 15.6. The molecule has 2 aromatic rings. The van der Waals surface area contributed by atoms with E-state index < -0.39 is 0 Å². The minimum atomic E-state index is -0.277. The molecule has 5 nitrogen and oxygen atoms in total. The number of hydrogen-bond donors (Lipinski definition) is 1. The largest absolute Gasteiger partial charge is 0.492 e. The molecule has 1 unspecified atom stereocenters. The molecule has 1 atom stereocenters. The molecule has 1 heterocycles. The summed E-state index contributed by atoms with van der Waals surface area (Å²) >= 11 is 0. The van der Waals surface area contributed by atoms with Gasteiger partial charge < -0.3 is 14.8 Å². The number of nitrogens with one attached hydrogen (secondary N) is 1. The maximum absolute atomic E-state index is 13.3. The van der Waals surface area contributed by atoms with Gasteiger partial charge in [-0.1, -0.05) is 31.2 Å². The van der Waals surface area contributed by atoms with Crippen LogP contribution in [0.1, 0.15) is 30.9 Å². The summed E-state index contributed by atoms with van der Waals surface area (Å²) in [4.78, 5) is 14.8. The number of benzene rings is 2. The Balaban J connectivity index is 1.41. The molecule has 31 heavy (non-hydrogen) atoms. The van der Waals surface area contributed by atoms with E-state index in [0.717, 1.165) is 49.5 Å². The first-order valence-electron chi connectivity index (χ1n) is 11.0. The first-order valence-corrected chi connectivity index (χ1v) is 11.0.